The van der Waals surface area contributed by atoms with E-state index in [4.69, 9.17) is 11.5 Å². The summed E-state index contributed by atoms with van der Waals surface area (Å²) in [6.45, 7) is 0. The molecule has 1 heteroatoms. The second-order valence-electron chi connectivity index (χ2n) is 2.67. The Morgan fingerprint density at radius 1 is 1.73 bits per heavy atom. The van der Waals surface area contributed by atoms with Gasteiger partial charge in [0.25, 0.3) is 0 Å². The molecule has 0 aromatic carbocycles. The Hall–Kier alpha value is -1.00. The van der Waals surface area contributed by atoms with Crippen LogP contribution in [0.1, 0.15) is 12.8 Å². The molecular formula is C10H12O. The Labute approximate surface area is 67.4 Å². The van der Waals surface area contributed by atoms with Crippen molar-refractivity contribution < 1.29 is 5.11 Å². The van der Waals surface area contributed by atoms with Gasteiger partial charge in [0, 0.05) is 0 Å². The highest BCUT2D eigenvalue weighted by molar-refractivity contribution is 5.12. The minimum atomic E-state index is -0.719. The molecule has 1 nitrogen and oxygen atoms in total. The molecule has 0 fully saturated rings. The lowest BCUT2D eigenvalue weighted by Gasteiger charge is -1.98. The Bertz CT molecular complexity index is 207. The molecule has 0 bridgehead atoms. The summed E-state index contributed by atoms with van der Waals surface area (Å²) in [6, 6.07) is 0. The maximum atomic E-state index is 8.97. The van der Waals surface area contributed by atoms with Gasteiger partial charge in [0.1, 0.15) is 6.10 Å². The third kappa shape index (κ3) is 2.61. The number of hydrogen-bond donors (Lipinski definition) is 1. The van der Waals surface area contributed by atoms with Crippen LogP contribution >= 0.6 is 0 Å². The molecule has 11 heavy (non-hydrogen) atoms. The van der Waals surface area contributed by atoms with Gasteiger partial charge in [-0.3, -0.25) is 0 Å². The lowest BCUT2D eigenvalue weighted by Crippen LogP contribution is -1.97. The van der Waals surface area contributed by atoms with Crippen molar-refractivity contribution in [1.29, 1.82) is 0 Å². The molecule has 1 N–H and O–H groups in total. The van der Waals surface area contributed by atoms with E-state index >= 15 is 0 Å². The average molecular weight is 148 g/mol. The van der Waals surface area contributed by atoms with Crippen LogP contribution in [0.15, 0.2) is 24.3 Å². The fourth-order valence-corrected chi connectivity index (χ4v) is 1.12. The van der Waals surface area contributed by atoms with E-state index < -0.39 is 6.10 Å². The monoisotopic (exact) mass is 148 g/mol. The van der Waals surface area contributed by atoms with E-state index in [2.05, 4.69) is 18.1 Å². The summed E-state index contributed by atoms with van der Waals surface area (Å²) in [4.78, 5) is 0. The zero-order valence-electron chi connectivity index (χ0n) is 6.40. The van der Waals surface area contributed by atoms with Crippen LogP contribution in [0.2, 0.25) is 0 Å². The molecule has 0 spiro atoms. The fourth-order valence-electron chi connectivity index (χ4n) is 1.12. The van der Waals surface area contributed by atoms with Crippen LogP contribution in [-0.2, 0) is 0 Å². The van der Waals surface area contributed by atoms with Crippen molar-refractivity contribution >= 4 is 0 Å². The SMILES string of the molecule is C#CC(O)C=CC1C=CCC1. The summed E-state index contributed by atoms with van der Waals surface area (Å²) in [5.41, 5.74) is 0. The predicted octanol–water partition coefficient (Wildman–Crippen LogP) is 1.50. The smallest absolute Gasteiger partial charge is 0.133 e. The topological polar surface area (TPSA) is 20.2 Å². The van der Waals surface area contributed by atoms with Crippen molar-refractivity contribution in [1.82, 2.24) is 0 Å². The fraction of sp³-hybridized carbons (Fsp3) is 0.400. The minimum Gasteiger partial charge on any atom is -0.377 e. The zero-order chi connectivity index (χ0) is 8.10. The molecule has 0 saturated heterocycles. The number of hydrogen-bond acceptors (Lipinski definition) is 1. The van der Waals surface area contributed by atoms with Crippen molar-refractivity contribution in [2.75, 3.05) is 0 Å². The Morgan fingerprint density at radius 2 is 2.55 bits per heavy atom. The Morgan fingerprint density at radius 3 is 3.09 bits per heavy atom. The van der Waals surface area contributed by atoms with Gasteiger partial charge in [-0.1, -0.05) is 24.1 Å². The summed E-state index contributed by atoms with van der Waals surface area (Å²) in [7, 11) is 0. The first-order valence-corrected chi connectivity index (χ1v) is 3.82. The summed E-state index contributed by atoms with van der Waals surface area (Å²) in [6.07, 6.45) is 14.5. The Kier molecular flexibility index (Phi) is 2.95. The summed E-state index contributed by atoms with van der Waals surface area (Å²) in [5.74, 6) is 2.72. The van der Waals surface area contributed by atoms with Crippen molar-refractivity contribution in [3.8, 4) is 12.3 Å². The standard InChI is InChI=1S/C10H12O/c1-2-10(11)8-7-9-5-3-4-6-9/h1,3,5,7-11H,4,6H2. The van der Waals surface area contributed by atoms with E-state index in [0.29, 0.717) is 5.92 Å². The number of rotatable bonds is 2. The second kappa shape index (κ2) is 4.00. The first-order valence-electron chi connectivity index (χ1n) is 3.82. The molecule has 2 unspecified atom stereocenters. The van der Waals surface area contributed by atoms with E-state index in [1.807, 2.05) is 6.08 Å². The molecule has 0 saturated carbocycles. The third-order valence-electron chi connectivity index (χ3n) is 1.76. The summed E-state index contributed by atoms with van der Waals surface area (Å²) >= 11 is 0. The van der Waals surface area contributed by atoms with Crippen LogP contribution in [0.4, 0.5) is 0 Å². The zero-order valence-corrected chi connectivity index (χ0v) is 6.40. The summed E-state index contributed by atoms with van der Waals surface area (Å²) in [5, 5.41) is 8.97. The van der Waals surface area contributed by atoms with Crippen LogP contribution in [0, 0.1) is 18.3 Å². The van der Waals surface area contributed by atoms with E-state index in [0.717, 1.165) is 12.8 Å². The largest absolute Gasteiger partial charge is 0.377 e. The van der Waals surface area contributed by atoms with Gasteiger partial charge in [-0.05, 0) is 24.8 Å². The highest BCUT2D eigenvalue weighted by Crippen LogP contribution is 2.17. The number of aliphatic hydroxyl groups excluding tert-OH is 1. The number of aliphatic hydroxyl groups is 1. The van der Waals surface area contributed by atoms with Crippen LogP contribution in [0.3, 0.4) is 0 Å². The molecule has 0 heterocycles. The van der Waals surface area contributed by atoms with Gasteiger partial charge in [-0.15, -0.1) is 6.42 Å². The molecule has 58 valence electrons. The summed E-state index contributed by atoms with van der Waals surface area (Å²) < 4.78 is 0. The van der Waals surface area contributed by atoms with Gasteiger partial charge in [-0.2, -0.15) is 0 Å². The van der Waals surface area contributed by atoms with Gasteiger partial charge in [0.2, 0.25) is 0 Å². The van der Waals surface area contributed by atoms with Crippen molar-refractivity contribution in [3.05, 3.63) is 24.3 Å². The average Bonchev–Trinajstić information content (AvgIpc) is 2.52. The van der Waals surface area contributed by atoms with Crippen LogP contribution < -0.4 is 0 Å². The van der Waals surface area contributed by atoms with Crippen LogP contribution in [0.25, 0.3) is 0 Å². The molecule has 0 amide bonds. The van der Waals surface area contributed by atoms with Gasteiger partial charge < -0.3 is 5.11 Å². The van der Waals surface area contributed by atoms with E-state index in [1.165, 1.54) is 0 Å². The molecular weight excluding hydrogens is 136 g/mol. The number of allylic oxidation sites excluding steroid dienone is 3. The van der Waals surface area contributed by atoms with E-state index in [1.54, 1.807) is 6.08 Å². The second-order valence-corrected chi connectivity index (χ2v) is 2.67. The molecule has 1 aliphatic rings. The molecule has 0 radical (unpaired) electrons. The van der Waals surface area contributed by atoms with Crippen LogP contribution in [0.5, 0.6) is 0 Å². The normalized spacial score (nSPS) is 25.6. The highest BCUT2D eigenvalue weighted by Gasteiger charge is 2.04. The van der Waals surface area contributed by atoms with Gasteiger partial charge in [0.05, 0.1) is 0 Å². The minimum absolute atomic E-state index is 0.484. The first-order chi connectivity index (χ1) is 5.33. The highest BCUT2D eigenvalue weighted by atomic mass is 16.3. The quantitative estimate of drug-likeness (QED) is 0.465. The van der Waals surface area contributed by atoms with Crippen molar-refractivity contribution in [3.63, 3.8) is 0 Å². The first kappa shape index (κ1) is 8.10. The lowest BCUT2D eigenvalue weighted by atomic mass is 10.1. The lowest BCUT2D eigenvalue weighted by molar-refractivity contribution is 0.280. The Balaban J connectivity index is 2.35. The van der Waals surface area contributed by atoms with Crippen molar-refractivity contribution in [2.24, 2.45) is 5.92 Å². The van der Waals surface area contributed by atoms with Crippen LogP contribution in [-0.4, -0.2) is 11.2 Å². The van der Waals surface area contributed by atoms with Gasteiger partial charge >= 0.3 is 0 Å². The molecule has 1 aliphatic carbocycles. The van der Waals surface area contributed by atoms with Gasteiger partial charge in [0.15, 0.2) is 0 Å². The number of terminal acetylenes is 1. The molecule has 1 rings (SSSR count). The van der Waals surface area contributed by atoms with E-state index in [-0.39, 0.29) is 0 Å². The maximum Gasteiger partial charge on any atom is 0.133 e. The molecule has 0 aliphatic heterocycles. The molecule has 2 atom stereocenters. The van der Waals surface area contributed by atoms with Crippen molar-refractivity contribution in [2.45, 2.75) is 18.9 Å². The molecule has 0 aromatic heterocycles. The van der Waals surface area contributed by atoms with Gasteiger partial charge in [-0.25, -0.2) is 0 Å². The molecule has 0 aromatic rings. The maximum absolute atomic E-state index is 8.97. The van der Waals surface area contributed by atoms with E-state index in [9.17, 15) is 0 Å². The predicted molar refractivity (Wildman–Crippen MR) is 45.8 cm³/mol. The third-order valence-corrected chi connectivity index (χ3v) is 1.76.